The summed E-state index contributed by atoms with van der Waals surface area (Å²) in [5.41, 5.74) is 0. The van der Waals surface area contributed by atoms with Gasteiger partial charge in [-0.1, -0.05) is 23.7 Å². The largest absolute Gasteiger partial charge is 0.384 e. The fraction of sp³-hybridized carbons (Fsp3) is 0.667. The van der Waals surface area contributed by atoms with Gasteiger partial charge in [0.2, 0.25) is 0 Å². The molecule has 0 spiro atoms. The van der Waals surface area contributed by atoms with Gasteiger partial charge in [0.05, 0.1) is 13.2 Å². The molecular weight excluding hydrogens is 208 g/mol. The Kier molecular flexibility index (Phi) is 13.1. The van der Waals surface area contributed by atoms with Gasteiger partial charge >= 0.3 is 0 Å². The molecule has 0 atom stereocenters. The van der Waals surface area contributed by atoms with Crippen LogP contribution >= 0.6 is 0 Å². The molecule has 0 bridgehead atoms. The quantitative estimate of drug-likeness (QED) is 0.492. The van der Waals surface area contributed by atoms with Crippen molar-refractivity contribution < 1.29 is 19.3 Å². The van der Waals surface area contributed by atoms with E-state index in [4.69, 9.17) is 19.3 Å². The number of rotatable bonds is 7. The molecule has 4 heteroatoms. The van der Waals surface area contributed by atoms with Gasteiger partial charge in [-0.25, -0.2) is 0 Å². The van der Waals surface area contributed by atoms with Gasteiger partial charge in [0.1, 0.15) is 26.4 Å². The molecule has 0 amide bonds. The Labute approximate surface area is 96.9 Å². The van der Waals surface area contributed by atoms with Gasteiger partial charge in [0.25, 0.3) is 0 Å². The predicted molar refractivity (Wildman–Crippen MR) is 60.8 cm³/mol. The molecule has 16 heavy (non-hydrogen) atoms. The number of aliphatic hydroxyl groups is 1. The lowest BCUT2D eigenvalue weighted by Gasteiger charge is -2.00. The summed E-state index contributed by atoms with van der Waals surface area (Å²) in [6, 6.07) is 0. The number of aliphatic hydroxyl groups excluding tert-OH is 1. The molecule has 0 saturated heterocycles. The van der Waals surface area contributed by atoms with E-state index in [0.29, 0.717) is 33.0 Å². The lowest BCUT2D eigenvalue weighted by Crippen LogP contribution is -2.01. The van der Waals surface area contributed by atoms with E-state index in [1.54, 1.807) is 7.11 Å². The van der Waals surface area contributed by atoms with E-state index in [1.165, 1.54) is 0 Å². The van der Waals surface area contributed by atoms with Crippen LogP contribution in [0.3, 0.4) is 0 Å². The zero-order chi connectivity index (χ0) is 11.9. The van der Waals surface area contributed by atoms with Crippen LogP contribution in [-0.4, -0.2) is 51.9 Å². The molecule has 0 heterocycles. The van der Waals surface area contributed by atoms with Crippen LogP contribution in [-0.2, 0) is 14.2 Å². The van der Waals surface area contributed by atoms with Crippen molar-refractivity contribution in [1.29, 1.82) is 0 Å². The molecule has 0 unspecified atom stereocenters. The van der Waals surface area contributed by atoms with Crippen molar-refractivity contribution >= 4 is 0 Å². The fourth-order valence-electron chi connectivity index (χ4n) is 0.791. The average Bonchev–Trinajstić information content (AvgIpc) is 2.31. The Morgan fingerprint density at radius 1 is 0.875 bits per heavy atom. The first-order valence-electron chi connectivity index (χ1n) is 5.08. The molecule has 0 aliphatic heterocycles. The van der Waals surface area contributed by atoms with Gasteiger partial charge in [-0.05, 0) is 6.42 Å². The van der Waals surface area contributed by atoms with E-state index in [9.17, 15) is 0 Å². The highest BCUT2D eigenvalue weighted by molar-refractivity contribution is 4.99. The number of hydrogen-bond acceptors (Lipinski definition) is 4. The topological polar surface area (TPSA) is 47.9 Å². The first-order valence-corrected chi connectivity index (χ1v) is 5.08. The molecule has 0 aromatic rings. The molecule has 0 radical (unpaired) electrons. The zero-order valence-electron chi connectivity index (χ0n) is 9.62. The van der Waals surface area contributed by atoms with Crippen molar-refractivity contribution in [2.45, 2.75) is 6.42 Å². The molecule has 90 valence electrons. The molecular formula is C12H18O4. The second kappa shape index (κ2) is 14.0. The van der Waals surface area contributed by atoms with Crippen molar-refractivity contribution in [1.82, 2.24) is 0 Å². The molecule has 0 aromatic carbocycles. The molecule has 0 saturated carbocycles. The lowest BCUT2D eigenvalue weighted by atomic mass is 10.5. The van der Waals surface area contributed by atoms with Gasteiger partial charge in [0.15, 0.2) is 0 Å². The van der Waals surface area contributed by atoms with E-state index < -0.39 is 0 Å². The predicted octanol–water partition coefficient (Wildman–Crippen LogP) is 0.0552. The summed E-state index contributed by atoms with van der Waals surface area (Å²) < 4.78 is 15.1. The SMILES string of the molecule is COCC#CCOCCCOCC#CCO. The summed E-state index contributed by atoms with van der Waals surface area (Å²) in [5, 5.41) is 8.36. The molecule has 4 nitrogen and oxygen atoms in total. The van der Waals surface area contributed by atoms with Gasteiger partial charge in [-0.3, -0.25) is 0 Å². The molecule has 0 aromatic heterocycles. The van der Waals surface area contributed by atoms with Gasteiger partial charge in [-0.15, -0.1) is 0 Å². The van der Waals surface area contributed by atoms with Gasteiger partial charge in [-0.2, -0.15) is 0 Å². The Bertz CT molecular complexity index is 254. The Balaban J connectivity index is 3.08. The average molecular weight is 226 g/mol. The monoisotopic (exact) mass is 226 g/mol. The Morgan fingerprint density at radius 3 is 2.00 bits per heavy atom. The Morgan fingerprint density at radius 2 is 1.44 bits per heavy atom. The van der Waals surface area contributed by atoms with E-state index in [0.717, 1.165) is 6.42 Å². The number of ether oxygens (including phenoxy) is 3. The maximum Gasteiger partial charge on any atom is 0.107 e. The molecule has 0 rings (SSSR count). The minimum Gasteiger partial charge on any atom is -0.384 e. The molecule has 1 N–H and O–H groups in total. The van der Waals surface area contributed by atoms with Gasteiger partial charge < -0.3 is 19.3 Å². The minimum atomic E-state index is -0.118. The number of hydrogen-bond donors (Lipinski definition) is 1. The van der Waals surface area contributed by atoms with Crippen molar-refractivity contribution in [2.75, 3.05) is 46.8 Å². The highest BCUT2D eigenvalue weighted by atomic mass is 16.5. The molecule has 0 aliphatic rings. The zero-order valence-corrected chi connectivity index (χ0v) is 9.62. The van der Waals surface area contributed by atoms with Crippen LogP contribution in [0.15, 0.2) is 0 Å². The lowest BCUT2D eigenvalue weighted by molar-refractivity contribution is 0.111. The Hall–Kier alpha value is -1.04. The first kappa shape index (κ1) is 15.0. The standard InChI is InChI=1S/C12H18O4/c1-14-8-4-5-10-16-12-6-11-15-9-3-2-7-13/h13H,6-12H2,1H3. The maximum absolute atomic E-state index is 8.36. The molecule has 0 aliphatic carbocycles. The van der Waals surface area contributed by atoms with Crippen LogP contribution < -0.4 is 0 Å². The third-order valence-corrected chi connectivity index (χ3v) is 1.47. The fourth-order valence-corrected chi connectivity index (χ4v) is 0.791. The highest BCUT2D eigenvalue weighted by Crippen LogP contribution is 1.84. The third kappa shape index (κ3) is 13.0. The van der Waals surface area contributed by atoms with Crippen LogP contribution in [0.2, 0.25) is 0 Å². The van der Waals surface area contributed by atoms with E-state index in [2.05, 4.69) is 23.7 Å². The van der Waals surface area contributed by atoms with Crippen LogP contribution in [0.5, 0.6) is 0 Å². The van der Waals surface area contributed by atoms with Crippen LogP contribution in [0, 0.1) is 23.7 Å². The number of methoxy groups -OCH3 is 1. The summed E-state index contributed by atoms with van der Waals surface area (Å²) >= 11 is 0. The summed E-state index contributed by atoms with van der Waals surface area (Å²) in [4.78, 5) is 0. The second-order valence-electron chi connectivity index (χ2n) is 2.76. The smallest absolute Gasteiger partial charge is 0.107 e. The molecule has 0 fully saturated rings. The van der Waals surface area contributed by atoms with Crippen molar-refractivity contribution in [3.8, 4) is 23.7 Å². The summed E-state index contributed by atoms with van der Waals surface area (Å²) in [6.45, 7) is 2.32. The third-order valence-electron chi connectivity index (χ3n) is 1.47. The van der Waals surface area contributed by atoms with Crippen LogP contribution in [0.1, 0.15) is 6.42 Å². The maximum atomic E-state index is 8.36. The summed E-state index contributed by atoms with van der Waals surface area (Å²) in [7, 11) is 1.60. The van der Waals surface area contributed by atoms with Crippen molar-refractivity contribution in [3.05, 3.63) is 0 Å². The van der Waals surface area contributed by atoms with Crippen LogP contribution in [0.25, 0.3) is 0 Å². The van der Waals surface area contributed by atoms with E-state index in [1.807, 2.05) is 0 Å². The minimum absolute atomic E-state index is 0.118. The first-order chi connectivity index (χ1) is 7.91. The van der Waals surface area contributed by atoms with E-state index in [-0.39, 0.29) is 6.61 Å². The summed E-state index contributed by atoms with van der Waals surface area (Å²) in [5.74, 6) is 10.8. The van der Waals surface area contributed by atoms with Crippen LogP contribution in [0.4, 0.5) is 0 Å². The summed E-state index contributed by atoms with van der Waals surface area (Å²) in [6.07, 6.45) is 0.812. The highest BCUT2D eigenvalue weighted by Gasteiger charge is 1.87. The van der Waals surface area contributed by atoms with E-state index >= 15 is 0 Å². The second-order valence-corrected chi connectivity index (χ2v) is 2.76. The normalized spacial score (nSPS) is 8.88. The van der Waals surface area contributed by atoms with Crippen molar-refractivity contribution in [2.24, 2.45) is 0 Å². The van der Waals surface area contributed by atoms with Gasteiger partial charge in [0, 0.05) is 7.11 Å². The van der Waals surface area contributed by atoms with Crippen molar-refractivity contribution in [3.63, 3.8) is 0 Å².